The highest BCUT2D eigenvalue weighted by molar-refractivity contribution is 6.02. The topological polar surface area (TPSA) is 498 Å². The average Bonchev–Trinajstić information content (AvgIpc) is 0.812. The van der Waals surface area contributed by atoms with Crippen LogP contribution in [0.5, 0.6) is 0 Å². The van der Waals surface area contributed by atoms with E-state index in [1.165, 1.54) is 6.20 Å². The molecular formula is C63H87N19O18. The Labute approximate surface area is 575 Å². The van der Waals surface area contributed by atoms with Crippen molar-refractivity contribution >= 4 is 99.7 Å². The standard InChI is InChI=1S/C59H87N19O10.4CO2/c1-71-19-21-73(3)25-29-77(39-52(82)83)33-31-75(27-23-71)37-50(80)64-44-11-9-43(10-12-44)63-49(79)18-17-48(68-56(86)41-5-7-42(8-6-41)61-35-47-36-62-55-54(66-47)58(88)70-59(60)69-55)57(87)67-46-15-13-45(14-16-46)65-51(81)38-76-28-24-72(2)20-22-74(4)26-30-78(34-32-76)40-53(84)85;4*2-1-3/h5-16,36,48,52-53,61,82-85H,17-35,37-40H2,1-4H3,(H,63,79)(H,64,80)(H,65,81)(H,67,87)(H,68,86)(H3,60,62,69,70,88);;;;. The third kappa shape index (κ3) is 34.4. The Balaban J connectivity index is 0.00000202. The Morgan fingerprint density at radius 3 is 1.26 bits per heavy atom. The zero-order valence-corrected chi connectivity index (χ0v) is 56.0. The number of β-amino-alcohol motifs (C(OH)–C–C–N with tert-alkyl or cyclic N) is 4. The van der Waals surface area contributed by atoms with Crippen LogP contribution in [0.3, 0.4) is 0 Å². The molecule has 5 amide bonds. The fourth-order valence-electron chi connectivity index (χ4n) is 9.84. The number of rotatable bonds is 21. The molecule has 1 atom stereocenters. The molecule has 5 aromatic rings. The summed E-state index contributed by atoms with van der Waals surface area (Å²) in [6.07, 6.45) is -0.766. The number of aromatic amines is 1. The van der Waals surface area contributed by atoms with Crippen LogP contribution in [0.4, 0.5) is 34.4 Å². The van der Waals surface area contributed by atoms with Crippen LogP contribution in [0, 0.1) is 0 Å². The third-order valence-electron chi connectivity index (χ3n) is 15.2. The summed E-state index contributed by atoms with van der Waals surface area (Å²) in [7, 11) is 8.19. The fourth-order valence-corrected chi connectivity index (χ4v) is 9.84. The lowest BCUT2D eigenvalue weighted by Crippen LogP contribution is -2.47. The number of aliphatic hydroxyl groups is 4. The van der Waals surface area contributed by atoms with E-state index in [4.69, 9.17) is 44.1 Å². The maximum absolute atomic E-state index is 14.1. The van der Waals surface area contributed by atoms with Gasteiger partial charge in [0.15, 0.2) is 23.7 Å². The van der Waals surface area contributed by atoms with Crippen LogP contribution in [0.1, 0.15) is 28.9 Å². The predicted molar refractivity (Wildman–Crippen MR) is 356 cm³/mol. The second-order valence-corrected chi connectivity index (χ2v) is 22.9. The molecule has 0 saturated carbocycles. The monoisotopic (exact) mass is 1400 g/mol. The van der Waals surface area contributed by atoms with Gasteiger partial charge < -0.3 is 77.7 Å². The minimum absolute atomic E-state index is 0.0328. The summed E-state index contributed by atoms with van der Waals surface area (Å²) in [6, 6.07) is 18.4. The van der Waals surface area contributed by atoms with E-state index in [0.29, 0.717) is 86.5 Å². The molecule has 2 fully saturated rings. The molecule has 2 aromatic heterocycles. The van der Waals surface area contributed by atoms with Crippen molar-refractivity contribution in [2.75, 3.05) is 191 Å². The number of nitrogen functional groups attached to an aromatic ring is 1. The Bertz CT molecular complexity index is 3480. The molecule has 0 spiro atoms. The first-order valence-corrected chi connectivity index (χ1v) is 31.2. The molecule has 2 aliphatic heterocycles. The Morgan fingerprint density at radius 2 is 0.850 bits per heavy atom. The van der Waals surface area contributed by atoms with Crippen molar-refractivity contribution in [2.24, 2.45) is 0 Å². The molecule has 542 valence electrons. The van der Waals surface area contributed by atoms with E-state index in [9.17, 15) is 49.2 Å². The van der Waals surface area contributed by atoms with Crippen molar-refractivity contribution in [1.29, 1.82) is 0 Å². The average molecular weight is 1400 g/mol. The van der Waals surface area contributed by atoms with Crippen LogP contribution in [-0.2, 0) is 64.1 Å². The van der Waals surface area contributed by atoms with E-state index < -0.39 is 41.9 Å². The van der Waals surface area contributed by atoms with Crippen LogP contribution < -0.4 is 43.2 Å². The molecule has 37 nitrogen and oxygen atoms in total. The number of amides is 5. The maximum atomic E-state index is 14.1. The second kappa shape index (κ2) is 47.0. The predicted octanol–water partition coefficient (Wildman–Crippen LogP) is -3.81. The number of nitrogens with zero attached hydrogens (tertiary/aromatic N) is 11. The number of benzene rings is 3. The molecule has 2 saturated heterocycles. The Kier molecular flexibility index (Phi) is 39.5. The maximum Gasteiger partial charge on any atom is 0.373 e. The minimum atomic E-state index is -1.48. The van der Waals surface area contributed by atoms with Crippen molar-refractivity contribution in [3.63, 3.8) is 0 Å². The number of likely N-dealkylation sites (N-methyl/N-ethyl adjacent to an activating group) is 4. The molecule has 0 aliphatic carbocycles. The number of aromatic nitrogens is 4. The van der Waals surface area contributed by atoms with E-state index >= 15 is 0 Å². The fraction of sp³-hybridized carbons (Fsp3) is 0.476. The highest BCUT2D eigenvalue weighted by Crippen LogP contribution is 2.19. The lowest BCUT2D eigenvalue weighted by atomic mass is 10.1. The summed E-state index contributed by atoms with van der Waals surface area (Å²) < 4.78 is 0. The van der Waals surface area contributed by atoms with Gasteiger partial charge in [-0.3, -0.25) is 53.4 Å². The highest BCUT2D eigenvalue weighted by atomic mass is 16.5. The van der Waals surface area contributed by atoms with Crippen molar-refractivity contribution in [3.8, 4) is 0 Å². The van der Waals surface area contributed by atoms with Crippen LogP contribution >= 0.6 is 0 Å². The van der Waals surface area contributed by atoms with Crippen LogP contribution in [0.15, 0.2) is 83.8 Å². The molecular weight excluding hydrogens is 1310 g/mol. The molecule has 7 rings (SSSR count). The van der Waals surface area contributed by atoms with Gasteiger partial charge >= 0.3 is 24.6 Å². The van der Waals surface area contributed by atoms with Crippen molar-refractivity contribution in [2.45, 2.75) is 38.0 Å². The van der Waals surface area contributed by atoms with Gasteiger partial charge in [-0.25, -0.2) is 9.97 Å². The largest absolute Gasteiger partial charge is 0.379 e. The zero-order valence-electron chi connectivity index (χ0n) is 56.0. The smallest absolute Gasteiger partial charge is 0.373 e. The first-order valence-electron chi connectivity index (χ1n) is 31.2. The summed E-state index contributed by atoms with van der Waals surface area (Å²) >= 11 is 0. The Hall–Kier alpha value is -10.1. The molecule has 100 heavy (non-hydrogen) atoms. The SMILES string of the molecule is CN1CCN(C)CCN(CC(O)O)CCN(CC(=O)Nc2ccc(NC(=O)CCC(NC(=O)c3ccc(NCc4cnc5nc(N)[nH]c(=O)c5n4)cc3)C(=O)Nc3ccc(NC(=O)CN4CCN(C)CCN(C)CCN(CC(O)O)CC4)cc3)cc2)CC1.O=C=O.O=C=O.O=C=O.O=C=O. The number of aliphatic hydroxyl groups excluding tert-OH is 2. The van der Waals surface area contributed by atoms with Crippen LogP contribution in [-0.4, -0.2) is 311 Å². The molecule has 1 unspecified atom stereocenters. The molecule has 0 radical (unpaired) electrons. The first kappa shape index (κ1) is 84.1. The summed E-state index contributed by atoms with van der Waals surface area (Å²) in [5.74, 6) is -2.19. The molecule has 37 heteroatoms. The molecule has 4 heterocycles. The summed E-state index contributed by atoms with van der Waals surface area (Å²) in [5.41, 5.74) is 8.33. The van der Waals surface area contributed by atoms with Gasteiger partial charge in [-0.15, -0.1) is 0 Å². The third-order valence-corrected chi connectivity index (χ3v) is 15.2. The van der Waals surface area contributed by atoms with Gasteiger partial charge in [0.05, 0.1) is 31.5 Å². The number of nitrogens with two attached hydrogens (primary N) is 1. The molecule has 13 N–H and O–H groups in total. The summed E-state index contributed by atoms with van der Waals surface area (Å²) in [5, 5.41) is 56.4. The summed E-state index contributed by atoms with van der Waals surface area (Å²) in [4.78, 5) is 178. The van der Waals surface area contributed by atoms with Gasteiger partial charge in [-0.2, -0.15) is 43.3 Å². The lowest BCUT2D eigenvalue weighted by Gasteiger charge is -2.32. The molecule has 0 bridgehead atoms. The number of fused-ring (bicyclic) bond motifs is 1. The van der Waals surface area contributed by atoms with E-state index in [1.807, 2.05) is 47.8 Å². The van der Waals surface area contributed by atoms with E-state index in [1.54, 1.807) is 72.8 Å². The van der Waals surface area contributed by atoms with Crippen molar-refractivity contribution in [1.82, 2.24) is 64.5 Å². The van der Waals surface area contributed by atoms with E-state index in [0.717, 1.165) is 52.4 Å². The molecule has 3 aromatic carbocycles. The number of nitrogens with one attached hydrogen (secondary N) is 7. The Morgan fingerprint density at radius 1 is 0.500 bits per heavy atom. The van der Waals surface area contributed by atoms with Crippen LogP contribution in [0.25, 0.3) is 11.2 Å². The van der Waals surface area contributed by atoms with Gasteiger partial charge in [0.1, 0.15) is 6.04 Å². The second-order valence-electron chi connectivity index (χ2n) is 22.9. The normalized spacial score (nSPS) is 15.5. The van der Waals surface area contributed by atoms with Gasteiger partial charge in [0, 0.05) is 158 Å². The minimum Gasteiger partial charge on any atom is -0.379 e. The number of carbonyl (C=O) groups is 5. The van der Waals surface area contributed by atoms with Gasteiger partial charge in [0.2, 0.25) is 29.6 Å². The van der Waals surface area contributed by atoms with E-state index in [-0.39, 0.29) is 105 Å². The van der Waals surface area contributed by atoms with Crippen molar-refractivity contribution in [3.05, 3.63) is 101 Å². The summed E-state index contributed by atoms with van der Waals surface area (Å²) in [6.45, 7) is 11.7. The zero-order chi connectivity index (χ0) is 73.9. The number of hydrogen-bond acceptors (Lipinski definition) is 31. The number of anilines is 6. The van der Waals surface area contributed by atoms with Crippen molar-refractivity contribution < 1.29 is 82.8 Å². The molecule has 2 aliphatic rings. The van der Waals surface area contributed by atoms with E-state index in [2.05, 4.69) is 71.4 Å². The highest BCUT2D eigenvalue weighted by Gasteiger charge is 2.25. The first-order chi connectivity index (χ1) is 47.8. The number of hydrogen-bond donors (Lipinski definition) is 12. The van der Waals surface area contributed by atoms with Crippen LogP contribution in [0.2, 0.25) is 0 Å². The van der Waals surface area contributed by atoms with Gasteiger partial charge in [-0.1, -0.05) is 0 Å². The van der Waals surface area contributed by atoms with Gasteiger partial charge in [0.25, 0.3) is 11.5 Å². The quantitative estimate of drug-likeness (QED) is 0.0313. The number of carbonyl (C=O) groups excluding carboxylic acids is 13. The number of H-pyrrole nitrogens is 1. The van der Waals surface area contributed by atoms with Gasteiger partial charge in [-0.05, 0) is 107 Å². The lowest BCUT2D eigenvalue weighted by molar-refractivity contribution is -0.193.